The van der Waals surface area contributed by atoms with Crippen LogP contribution in [0.15, 0.2) is 100 Å². The third-order valence-electron chi connectivity index (χ3n) is 5.55. The predicted molar refractivity (Wildman–Crippen MR) is 134 cm³/mol. The Hall–Kier alpha value is -4.38. The van der Waals surface area contributed by atoms with Gasteiger partial charge in [0.15, 0.2) is 5.76 Å². The van der Waals surface area contributed by atoms with Crippen LogP contribution in [0.3, 0.4) is 0 Å². The summed E-state index contributed by atoms with van der Waals surface area (Å²) in [5.74, 6) is -0.127. The SMILES string of the molecule is CC/C(=C\c1c(C)ccc2ccccc12)c1cc(-c2ccccc2)no1.O=C(O)c1ccoc1. The third-order valence-corrected chi connectivity index (χ3v) is 5.55. The first-order chi connectivity index (χ1) is 16.6. The van der Waals surface area contributed by atoms with E-state index in [1.165, 1.54) is 40.5 Å². The zero-order chi connectivity index (χ0) is 23.9. The topological polar surface area (TPSA) is 76.5 Å². The molecule has 0 aliphatic heterocycles. The molecule has 0 aliphatic rings. The van der Waals surface area contributed by atoms with Crippen LogP contribution in [0.5, 0.6) is 0 Å². The Kier molecular flexibility index (Phi) is 7.04. The lowest BCUT2D eigenvalue weighted by Crippen LogP contribution is -1.90. The maximum atomic E-state index is 10.0. The fourth-order valence-electron chi connectivity index (χ4n) is 3.68. The van der Waals surface area contributed by atoms with Gasteiger partial charge in [-0.25, -0.2) is 4.79 Å². The van der Waals surface area contributed by atoms with Crippen LogP contribution in [0.2, 0.25) is 0 Å². The summed E-state index contributed by atoms with van der Waals surface area (Å²) in [5, 5.41) is 15.0. The van der Waals surface area contributed by atoms with Crippen molar-refractivity contribution < 1.29 is 18.8 Å². The highest BCUT2D eigenvalue weighted by Crippen LogP contribution is 2.30. The van der Waals surface area contributed by atoms with Crippen molar-refractivity contribution in [3.63, 3.8) is 0 Å². The van der Waals surface area contributed by atoms with Crippen LogP contribution in [0.1, 0.15) is 40.6 Å². The van der Waals surface area contributed by atoms with Gasteiger partial charge in [0.1, 0.15) is 12.0 Å². The number of nitrogens with zero attached hydrogens (tertiary/aromatic N) is 1. The van der Waals surface area contributed by atoms with Crippen LogP contribution in [-0.2, 0) is 0 Å². The molecule has 0 spiro atoms. The highest BCUT2D eigenvalue weighted by Gasteiger charge is 2.11. The summed E-state index contributed by atoms with van der Waals surface area (Å²) in [6, 6.07) is 26.4. The monoisotopic (exact) mass is 451 g/mol. The molecule has 5 aromatic rings. The minimum absolute atomic E-state index is 0.185. The van der Waals surface area contributed by atoms with Crippen molar-refractivity contribution in [3.05, 3.63) is 114 Å². The molecule has 1 N–H and O–H groups in total. The Bertz CT molecular complexity index is 1410. The fourth-order valence-corrected chi connectivity index (χ4v) is 3.68. The van der Waals surface area contributed by atoms with Crippen molar-refractivity contribution >= 4 is 28.4 Å². The largest absolute Gasteiger partial charge is 0.478 e. The van der Waals surface area contributed by atoms with E-state index < -0.39 is 5.97 Å². The summed E-state index contributed by atoms with van der Waals surface area (Å²) < 4.78 is 10.2. The van der Waals surface area contributed by atoms with E-state index in [0.717, 1.165) is 29.0 Å². The smallest absolute Gasteiger partial charge is 0.338 e. The molecule has 0 unspecified atom stereocenters. The Morgan fingerprint density at radius 3 is 2.44 bits per heavy atom. The van der Waals surface area contributed by atoms with E-state index in [1.807, 2.05) is 36.4 Å². The van der Waals surface area contributed by atoms with Crippen LogP contribution in [0.25, 0.3) is 33.7 Å². The number of benzene rings is 3. The quantitative estimate of drug-likeness (QED) is 0.296. The third kappa shape index (κ3) is 5.15. The van der Waals surface area contributed by atoms with E-state index in [9.17, 15) is 4.79 Å². The summed E-state index contributed by atoms with van der Waals surface area (Å²) in [4.78, 5) is 10.0. The second-order valence-electron chi connectivity index (χ2n) is 7.80. The second kappa shape index (κ2) is 10.5. The Labute approximate surface area is 198 Å². The van der Waals surface area contributed by atoms with Gasteiger partial charge >= 0.3 is 5.97 Å². The molecular formula is C29H25NO4. The van der Waals surface area contributed by atoms with Gasteiger partial charge in [-0.15, -0.1) is 0 Å². The molecule has 34 heavy (non-hydrogen) atoms. The van der Waals surface area contributed by atoms with Crippen molar-refractivity contribution in [2.24, 2.45) is 0 Å². The van der Waals surface area contributed by atoms with E-state index in [0.29, 0.717) is 0 Å². The second-order valence-corrected chi connectivity index (χ2v) is 7.80. The van der Waals surface area contributed by atoms with Gasteiger partial charge < -0.3 is 14.0 Å². The number of aromatic carboxylic acids is 1. The van der Waals surface area contributed by atoms with Gasteiger partial charge in [0.2, 0.25) is 0 Å². The molecule has 0 fully saturated rings. The van der Waals surface area contributed by atoms with Gasteiger partial charge in [-0.05, 0) is 53.0 Å². The number of hydrogen-bond acceptors (Lipinski definition) is 4. The first kappa shape index (κ1) is 22.8. The summed E-state index contributed by atoms with van der Waals surface area (Å²) in [5.41, 5.74) is 5.79. The van der Waals surface area contributed by atoms with Crippen molar-refractivity contribution in [1.29, 1.82) is 0 Å². The number of carbonyl (C=O) groups is 1. The molecule has 0 radical (unpaired) electrons. The predicted octanol–water partition coefficient (Wildman–Crippen LogP) is 7.73. The summed E-state index contributed by atoms with van der Waals surface area (Å²) in [6.07, 6.45) is 5.63. The lowest BCUT2D eigenvalue weighted by atomic mass is 9.96. The molecule has 0 saturated heterocycles. The van der Waals surface area contributed by atoms with Gasteiger partial charge in [0.25, 0.3) is 0 Å². The number of aromatic nitrogens is 1. The number of fused-ring (bicyclic) bond motifs is 1. The molecule has 5 heteroatoms. The summed E-state index contributed by atoms with van der Waals surface area (Å²) >= 11 is 0. The molecule has 5 rings (SSSR count). The minimum atomic E-state index is -0.959. The fraction of sp³-hybridized carbons (Fsp3) is 0.103. The van der Waals surface area contributed by atoms with Gasteiger partial charge in [-0.2, -0.15) is 0 Å². The Balaban J connectivity index is 0.000000291. The Morgan fingerprint density at radius 2 is 1.76 bits per heavy atom. The molecule has 0 atom stereocenters. The number of rotatable bonds is 5. The molecule has 2 heterocycles. The normalized spacial score (nSPS) is 11.2. The molecule has 2 aromatic heterocycles. The van der Waals surface area contributed by atoms with E-state index in [2.05, 4.69) is 65.9 Å². The van der Waals surface area contributed by atoms with Gasteiger partial charge in [0.05, 0.1) is 11.8 Å². The number of aryl methyl sites for hydroxylation is 1. The van der Waals surface area contributed by atoms with E-state index in [-0.39, 0.29) is 5.56 Å². The summed E-state index contributed by atoms with van der Waals surface area (Å²) in [6.45, 7) is 4.30. The average molecular weight is 452 g/mol. The van der Waals surface area contributed by atoms with Crippen LogP contribution in [0.4, 0.5) is 0 Å². The average Bonchev–Trinajstić information content (AvgIpc) is 3.58. The molecule has 0 amide bonds. The minimum Gasteiger partial charge on any atom is -0.478 e. The van der Waals surface area contributed by atoms with Gasteiger partial charge in [-0.1, -0.05) is 78.8 Å². The van der Waals surface area contributed by atoms with Crippen molar-refractivity contribution in [3.8, 4) is 11.3 Å². The van der Waals surface area contributed by atoms with Crippen molar-refractivity contribution in [2.45, 2.75) is 20.3 Å². The highest BCUT2D eigenvalue weighted by atomic mass is 16.5. The number of allylic oxidation sites excluding steroid dienone is 1. The zero-order valence-electron chi connectivity index (χ0n) is 19.1. The summed E-state index contributed by atoms with van der Waals surface area (Å²) in [7, 11) is 0. The molecule has 0 bridgehead atoms. The molecular weight excluding hydrogens is 426 g/mol. The number of hydrogen-bond donors (Lipinski definition) is 1. The van der Waals surface area contributed by atoms with Crippen LogP contribution in [0, 0.1) is 6.92 Å². The van der Waals surface area contributed by atoms with Crippen molar-refractivity contribution in [1.82, 2.24) is 5.16 Å². The van der Waals surface area contributed by atoms with E-state index in [1.54, 1.807) is 0 Å². The lowest BCUT2D eigenvalue weighted by molar-refractivity contribution is 0.0696. The van der Waals surface area contributed by atoms with Gasteiger partial charge in [0, 0.05) is 11.6 Å². The van der Waals surface area contributed by atoms with Crippen LogP contribution < -0.4 is 0 Å². The number of carboxylic acids is 1. The number of carboxylic acid groups (broad SMARTS) is 1. The molecule has 5 nitrogen and oxygen atoms in total. The van der Waals surface area contributed by atoms with E-state index in [4.69, 9.17) is 9.63 Å². The molecule has 0 saturated carbocycles. The number of furan rings is 1. The zero-order valence-corrected chi connectivity index (χ0v) is 19.1. The standard InChI is InChI=1S/C24H21NO.C5H4O3/c1-3-18(24-16-23(25-26-24)20-10-5-4-6-11-20)15-22-17(2)13-14-19-9-7-8-12-21(19)22;6-5(7)4-1-2-8-3-4/h4-16H,3H2,1-2H3;1-3H,(H,6,7)/b18-15+;. The van der Waals surface area contributed by atoms with Crippen molar-refractivity contribution in [2.75, 3.05) is 0 Å². The highest BCUT2D eigenvalue weighted by molar-refractivity contribution is 5.96. The first-order valence-corrected chi connectivity index (χ1v) is 11.0. The molecule has 170 valence electrons. The lowest BCUT2D eigenvalue weighted by Gasteiger charge is -2.08. The molecule has 0 aliphatic carbocycles. The maximum absolute atomic E-state index is 10.0. The first-order valence-electron chi connectivity index (χ1n) is 11.0. The van der Waals surface area contributed by atoms with Crippen LogP contribution in [-0.4, -0.2) is 16.2 Å². The molecule has 3 aromatic carbocycles. The van der Waals surface area contributed by atoms with Crippen LogP contribution >= 0.6 is 0 Å². The van der Waals surface area contributed by atoms with E-state index >= 15 is 0 Å². The Morgan fingerprint density at radius 1 is 1.00 bits per heavy atom. The van der Waals surface area contributed by atoms with Gasteiger partial charge in [-0.3, -0.25) is 0 Å². The maximum Gasteiger partial charge on any atom is 0.338 e.